The molecule has 0 N–H and O–H groups in total. The molecule has 0 fully saturated rings. The highest BCUT2D eigenvalue weighted by Gasteiger charge is 2.17. The molecule has 1 aromatic carbocycles. The molecule has 0 unspecified atom stereocenters. The van der Waals surface area contributed by atoms with E-state index in [1.165, 1.54) is 31.5 Å². The fourth-order valence-corrected chi connectivity index (χ4v) is 2.87. The number of hydrogen-bond acceptors (Lipinski definition) is 3. The number of pyridine rings is 1. The van der Waals surface area contributed by atoms with Gasteiger partial charge in [0.25, 0.3) is 0 Å². The highest BCUT2D eigenvalue weighted by molar-refractivity contribution is 6.43. The van der Waals surface area contributed by atoms with Crippen molar-refractivity contribution in [3.8, 4) is 11.1 Å². The van der Waals surface area contributed by atoms with E-state index in [9.17, 15) is 4.79 Å². The maximum Gasteiger partial charge on any atom is 0.339 e. The van der Waals surface area contributed by atoms with Crippen molar-refractivity contribution in [2.75, 3.05) is 7.11 Å². The molecule has 3 nitrogen and oxygen atoms in total. The van der Waals surface area contributed by atoms with Gasteiger partial charge >= 0.3 is 5.97 Å². The van der Waals surface area contributed by atoms with E-state index >= 15 is 0 Å². The summed E-state index contributed by atoms with van der Waals surface area (Å²) in [6, 6.07) is 4.58. The first-order valence-electron chi connectivity index (χ1n) is 5.32. The molecule has 2 aromatic rings. The number of nitrogens with zero attached hydrogens (tertiary/aromatic N) is 1. The number of benzene rings is 1. The molecule has 0 spiro atoms. The molecule has 104 valence electrons. The van der Waals surface area contributed by atoms with Crippen molar-refractivity contribution in [1.82, 2.24) is 4.98 Å². The van der Waals surface area contributed by atoms with Crippen LogP contribution in [0.2, 0.25) is 20.2 Å². The summed E-state index contributed by atoms with van der Waals surface area (Å²) in [6.45, 7) is 0. The predicted molar refractivity (Wildman–Crippen MR) is 81.1 cm³/mol. The fraction of sp³-hybridized carbons (Fsp3) is 0.0769. The van der Waals surface area contributed by atoms with Crippen molar-refractivity contribution in [3.05, 3.63) is 50.2 Å². The molecule has 0 bridgehead atoms. The zero-order valence-corrected chi connectivity index (χ0v) is 13.1. The molecule has 0 aliphatic carbocycles. The van der Waals surface area contributed by atoms with Gasteiger partial charge in [-0.25, -0.2) is 9.78 Å². The molecule has 1 aromatic heterocycles. The molecule has 0 radical (unpaired) electrons. The van der Waals surface area contributed by atoms with Gasteiger partial charge in [-0.3, -0.25) is 0 Å². The van der Waals surface area contributed by atoms with Crippen LogP contribution in [0.3, 0.4) is 0 Å². The molecule has 0 amide bonds. The molecule has 2 rings (SSSR count). The number of ether oxygens (including phenoxy) is 1. The number of hydrogen-bond donors (Lipinski definition) is 0. The Morgan fingerprint density at radius 3 is 2.25 bits per heavy atom. The van der Waals surface area contributed by atoms with Crippen LogP contribution < -0.4 is 0 Å². The third-order valence-electron chi connectivity index (χ3n) is 2.54. The molecule has 0 atom stereocenters. The van der Waals surface area contributed by atoms with Gasteiger partial charge in [0, 0.05) is 22.3 Å². The van der Waals surface area contributed by atoms with Gasteiger partial charge in [-0.1, -0.05) is 46.4 Å². The van der Waals surface area contributed by atoms with Crippen molar-refractivity contribution in [1.29, 1.82) is 0 Å². The van der Waals surface area contributed by atoms with Gasteiger partial charge in [-0.15, -0.1) is 0 Å². The first-order chi connectivity index (χ1) is 9.43. The molecule has 1 heterocycles. The van der Waals surface area contributed by atoms with Gasteiger partial charge in [0.1, 0.15) is 5.15 Å². The van der Waals surface area contributed by atoms with Crippen LogP contribution in [0.1, 0.15) is 10.4 Å². The Morgan fingerprint density at radius 1 is 1.10 bits per heavy atom. The first-order valence-corrected chi connectivity index (χ1v) is 6.84. The first kappa shape index (κ1) is 15.4. The molecular weight excluding hydrogens is 344 g/mol. The fourth-order valence-electron chi connectivity index (χ4n) is 1.65. The summed E-state index contributed by atoms with van der Waals surface area (Å²) in [7, 11) is 1.28. The number of carbonyl (C=O) groups is 1. The normalized spacial score (nSPS) is 10.4. The van der Waals surface area contributed by atoms with Crippen LogP contribution in [0.15, 0.2) is 24.4 Å². The van der Waals surface area contributed by atoms with Crippen molar-refractivity contribution >= 4 is 52.4 Å². The van der Waals surface area contributed by atoms with E-state index in [-0.39, 0.29) is 10.7 Å². The van der Waals surface area contributed by atoms with Crippen molar-refractivity contribution in [2.45, 2.75) is 0 Å². The lowest BCUT2D eigenvalue weighted by atomic mass is 10.1. The molecule has 0 aliphatic rings. The average Bonchev–Trinajstić information content (AvgIpc) is 2.38. The largest absolute Gasteiger partial charge is 0.465 e. The summed E-state index contributed by atoms with van der Waals surface area (Å²) in [6.07, 6.45) is 1.31. The minimum Gasteiger partial charge on any atom is -0.465 e. The predicted octanol–water partition coefficient (Wildman–Crippen LogP) is 5.15. The summed E-state index contributed by atoms with van der Waals surface area (Å²) in [5.41, 5.74) is 1.14. The van der Waals surface area contributed by atoms with Crippen LogP contribution in [0.4, 0.5) is 0 Å². The number of aromatic nitrogens is 1. The number of rotatable bonds is 2. The van der Waals surface area contributed by atoms with Gasteiger partial charge in [-0.2, -0.15) is 0 Å². The van der Waals surface area contributed by atoms with Crippen LogP contribution in [0.5, 0.6) is 0 Å². The average molecular weight is 351 g/mol. The van der Waals surface area contributed by atoms with Crippen LogP contribution in [0.25, 0.3) is 11.1 Å². The second-order valence-electron chi connectivity index (χ2n) is 3.80. The summed E-state index contributed by atoms with van der Waals surface area (Å²) in [5.74, 6) is -0.531. The van der Waals surface area contributed by atoms with E-state index in [2.05, 4.69) is 9.72 Å². The molecule has 20 heavy (non-hydrogen) atoms. The highest BCUT2D eigenvalue weighted by Crippen LogP contribution is 2.40. The molecule has 0 saturated heterocycles. The van der Waals surface area contributed by atoms with Crippen molar-refractivity contribution < 1.29 is 9.53 Å². The second-order valence-corrected chi connectivity index (χ2v) is 5.41. The van der Waals surface area contributed by atoms with Crippen LogP contribution >= 0.6 is 46.4 Å². The Kier molecular flexibility index (Phi) is 4.76. The SMILES string of the molecule is COC(=O)c1cnc(Cl)c(-c2c(Cl)cc(Cl)cc2Cl)c1. The standard InChI is InChI=1S/C13H7Cl4NO2/c1-20-13(19)6-2-8(12(17)18-5-6)11-9(15)3-7(14)4-10(11)16/h2-5H,1H3. The topological polar surface area (TPSA) is 39.2 Å². The highest BCUT2D eigenvalue weighted by atomic mass is 35.5. The molecular formula is C13H7Cl4NO2. The van der Waals surface area contributed by atoms with Crippen LogP contribution in [0, 0.1) is 0 Å². The number of methoxy groups -OCH3 is 1. The molecule has 0 aliphatic heterocycles. The Morgan fingerprint density at radius 2 is 1.70 bits per heavy atom. The zero-order chi connectivity index (χ0) is 14.9. The Balaban J connectivity index is 2.66. The van der Waals surface area contributed by atoms with Crippen molar-refractivity contribution in [2.24, 2.45) is 0 Å². The molecule has 7 heteroatoms. The van der Waals surface area contributed by atoms with E-state index in [4.69, 9.17) is 46.4 Å². The van der Waals surface area contributed by atoms with Crippen LogP contribution in [-0.4, -0.2) is 18.1 Å². The second kappa shape index (κ2) is 6.19. The van der Waals surface area contributed by atoms with Crippen molar-refractivity contribution in [3.63, 3.8) is 0 Å². The summed E-state index contributed by atoms with van der Waals surface area (Å²) >= 11 is 24.2. The number of carbonyl (C=O) groups excluding carboxylic acids is 1. The quantitative estimate of drug-likeness (QED) is 0.555. The maximum absolute atomic E-state index is 11.5. The van der Waals surface area contributed by atoms with Gasteiger partial charge in [0.05, 0.1) is 22.7 Å². The van der Waals surface area contributed by atoms with Gasteiger partial charge < -0.3 is 4.74 Å². The minimum atomic E-state index is -0.531. The smallest absolute Gasteiger partial charge is 0.339 e. The summed E-state index contributed by atoms with van der Waals surface area (Å²) in [4.78, 5) is 15.5. The van der Waals surface area contributed by atoms with E-state index < -0.39 is 5.97 Å². The monoisotopic (exact) mass is 349 g/mol. The summed E-state index contributed by atoms with van der Waals surface area (Å²) in [5, 5.41) is 1.20. The van der Waals surface area contributed by atoms with Crippen LogP contribution in [-0.2, 0) is 4.74 Å². The number of esters is 1. The Labute approximate surface area is 135 Å². The summed E-state index contributed by atoms with van der Waals surface area (Å²) < 4.78 is 4.64. The van der Waals surface area contributed by atoms with Gasteiger partial charge in [-0.05, 0) is 18.2 Å². The van der Waals surface area contributed by atoms with E-state index in [1.807, 2.05) is 0 Å². The van der Waals surface area contributed by atoms with Gasteiger partial charge in [0.2, 0.25) is 0 Å². The Hall–Kier alpha value is -1.000. The Bertz CT molecular complexity index is 665. The van der Waals surface area contributed by atoms with Gasteiger partial charge in [0.15, 0.2) is 0 Å². The van der Waals surface area contributed by atoms with E-state index in [0.29, 0.717) is 26.2 Å². The van der Waals surface area contributed by atoms with E-state index in [0.717, 1.165) is 0 Å². The third-order valence-corrected chi connectivity index (χ3v) is 3.65. The lowest BCUT2D eigenvalue weighted by Crippen LogP contribution is -2.02. The minimum absolute atomic E-state index is 0.170. The molecule has 0 saturated carbocycles. The number of halogens is 4. The third kappa shape index (κ3) is 3.01. The lowest BCUT2D eigenvalue weighted by molar-refractivity contribution is 0.0600. The zero-order valence-electron chi connectivity index (χ0n) is 10.1. The maximum atomic E-state index is 11.5. The van der Waals surface area contributed by atoms with E-state index in [1.54, 1.807) is 0 Å². The lowest BCUT2D eigenvalue weighted by Gasteiger charge is -2.10.